The molecule has 32 heavy (non-hydrogen) atoms. The first kappa shape index (κ1) is 21.8. The van der Waals surface area contributed by atoms with E-state index in [2.05, 4.69) is 0 Å². The van der Waals surface area contributed by atoms with Gasteiger partial charge in [-0.15, -0.1) is 0 Å². The Morgan fingerprint density at radius 3 is 2.19 bits per heavy atom. The molecule has 0 saturated carbocycles. The van der Waals surface area contributed by atoms with Crippen LogP contribution in [0, 0.1) is 5.82 Å². The number of hydrogen-bond acceptors (Lipinski definition) is 3. The third kappa shape index (κ3) is 3.94. The van der Waals surface area contributed by atoms with E-state index in [0.717, 1.165) is 33.2 Å². The van der Waals surface area contributed by atoms with E-state index in [1.165, 1.54) is 12.1 Å². The number of carboxylic acids is 1. The van der Waals surface area contributed by atoms with Crippen LogP contribution in [0.2, 0.25) is 5.02 Å². The van der Waals surface area contributed by atoms with Crippen LogP contribution in [0.25, 0.3) is 11.1 Å². The minimum absolute atomic E-state index is 0.0235. The number of rotatable bonds is 6. The third-order valence-electron chi connectivity index (χ3n) is 5.71. The zero-order valence-electron chi connectivity index (χ0n) is 17.3. The molecule has 3 aromatic rings. The quantitative estimate of drug-likeness (QED) is 0.506. The number of nitrogens with zero attached hydrogens (tertiary/aromatic N) is 1. The van der Waals surface area contributed by atoms with Gasteiger partial charge in [0.15, 0.2) is 6.04 Å². The van der Waals surface area contributed by atoms with Crippen molar-refractivity contribution in [3.05, 3.63) is 94.3 Å². The second-order valence-electron chi connectivity index (χ2n) is 7.50. The van der Waals surface area contributed by atoms with E-state index in [-0.39, 0.29) is 29.7 Å². The van der Waals surface area contributed by atoms with Crippen LogP contribution in [0.15, 0.2) is 66.7 Å². The molecule has 0 radical (unpaired) electrons. The number of benzene rings is 3. The summed E-state index contributed by atoms with van der Waals surface area (Å²) < 4.78 is 20.0. The maximum Gasteiger partial charge on any atom is 0.410 e. The highest BCUT2D eigenvalue weighted by molar-refractivity contribution is 6.30. The van der Waals surface area contributed by atoms with Gasteiger partial charge in [-0.3, -0.25) is 4.90 Å². The summed E-state index contributed by atoms with van der Waals surface area (Å²) in [7, 11) is 0. The maximum absolute atomic E-state index is 14.5. The third-order valence-corrected chi connectivity index (χ3v) is 5.95. The molecule has 0 bridgehead atoms. The van der Waals surface area contributed by atoms with Crippen molar-refractivity contribution >= 4 is 23.7 Å². The molecule has 0 aliphatic heterocycles. The molecular formula is C25H21ClFNO4. The lowest BCUT2D eigenvalue weighted by atomic mass is 9.98. The fourth-order valence-electron chi connectivity index (χ4n) is 4.25. The zero-order chi connectivity index (χ0) is 22.8. The van der Waals surface area contributed by atoms with Gasteiger partial charge in [-0.05, 0) is 41.3 Å². The fraction of sp³-hybridized carbons (Fsp3) is 0.200. The predicted octanol–water partition coefficient (Wildman–Crippen LogP) is 5.88. The Balaban J connectivity index is 1.58. The molecule has 1 aliphatic rings. The highest BCUT2D eigenvalue weighted by Gasteiger charge is 2.35. The topological polar surface area (TPSA) is 66.8 Å². The number of amides is 1. The van der Waals surface area contributed by atoms with Gasteiger partial charge in [0.05, 0.1) is 0 Å². The van der Waals surface area contributed by atoms with E-state index in [9.17, 15) is 19.1 Å². The SMILES string of the molecule is CCN(C(=O)OCC1c2ccccc2-c2ccccc21)C(C(=O)O)c1ccc(Cl)cc1F. The molecule has 3 aromatic carbocycles. The molecule has 0 fully saturated rings. The van der Waals surface area contributed by atoms with Crippen molar-refractivity contribution in [2.24, 2.45) is 0 Å². The Hall–Kier alpha value is -3.38. The van der Waals surface area contributed by atoms with E-state index in [0.29, 0.717) is 0 Å². The van der Waals surface area contributed by atoms with E-state index >= 15 is 0 Å². The van der Waals surface area contributed by atoms with Crippen molar-refractivity contribution in [1.82, 2.24) is 4.90 Å². The zero-order valence-corrected chi connectivity index (χ0v) is 18.1. The summed E-state index contributed by atoms with van der Waals surface area (Å²) in [6.45, 7) is 1.68. The van der Waals surface area contributed by atoms with Crippen molar-refractivity contribution in [3.8, 4) is 11.1 Å². The second kappa shape index (κ2) is 9.01. The van der Waals surface area contributed by atoms with Crippen LogP contribution in [0.3, 0.4) is 0 Å². The molecule has 0 spiro atoms. The van der Waals surface area contributed by atoms with E-state index in [1.807, 2.05) is 48.5 Å². The van der Waals surface area contributed by atoms with Crippen LogP contribution in [0.5, 0.6) is 0 Å². The number of halogens is 2. The Bertz CT molecular complexity index is 1140. The van der Waals surface area contributed by atoms with Crippen molar-refractivity contribution in [2.45, 2.75) is 18.9 Å². The molecule has 1 amide bonds. The number of carbonyl (C=O) groups is 2. The predicted molar refractivity (Wildman–Crippen MR) is 119 cm³/mol. The lowest BCUT2D eigenvalue weighted by Gasteiger charge is -2.28. The van der Waals surface area contributed by atoms with Gasteiger partial charge >= 0.3 is 12.1 Å². The number of aliphatic carboxylic acids is 1. The van der Waals surface area contributed by atoms with Gasteiger partial charge in [-0.2, -0.15) is 0 Å². The van der Waals surface area contributed by atoms with Crippen molar-refractivity contribution in [2.75, 3.05) is 13.2 Å². The molecule has 4 rings (SSSR count). The van der Waals surface area contributed by atoms with Crippen molar-refractivity contribution in [1.29, 1.82) is 0 Å². The van der Waals surface area contributed by atoms with Gasteiger partial charge in [0.1, 0.15) is 12.4 Å². The summed E-state index contributed by atoms with van der Waals surface area (Å²) >= 11 is 5.79. The molecular weight excluding hydrogens is 433 g/mol. The summed E-state index contributed by atoms with van der Waals surface area (Å²) in [4.78, 5) is 25.9. The molecule has 0 aromatic heterocycles. The van der Waals surface area contributed by atoms with Crippen LogP contribution in [-0.4, -0.2) is 35.2 Å². The van der Waals surface area contributed by atoms with E-state index in [4.69, 9.17) is 16.3 Å². The van der Waals surface area contributed by atoms with Gasteiger partial charge in [-0.1, -0.05) is 66.2 Å². The van der Waals surface area contributed by atoms with Crippen LogP contribution in [-0.2, 0) is 9.53 Å². The Kier molecular flexibility index (Phi) is 6.15. The maximum atomic E-state index is 14.5. The lowest BCUT2D eigenvalue weighted by Crippen LogP contribution is -2.40. The van der Waals surface area contributed by atoms with E-state index < -0.39 is 23.9 Å². The van der Waals surface area contributed by atoms with Crippen LogP contribution >= 0.6 is 11.6 Å². The Morgan fingerprint density at radius 2 is 1.66 bits per heavy atom. The molecule has 0 saturated heterocycles. The number of likely N-dealkylation sites (N-methyl/N-ethyl adjacent to an activating group) is 1. The molecule has 1 atom stereocenters. The first-order chi connectivity index (χ1) is 15.4. The summed E-state index contributed by atoms with van der Waals surface area (Å²) in [5.74, 6) is -2.32. The minimum Gasteiger partial charge on any atom is -0.479 e. The standard InChI is InChI=1S/C25H21ClFNO4/c1-2-28(23(24(29)30)20-12-11-15(26)13-22(20)27)25(31)32-14-21-18-9-5-3-7-16(18)17-8-4-6-10-19(17)21/h3-13,21,23H,2,14H2,1H3,(H,29,30). The normalized spacial score (nSPS) is 13.2. The molecule has 1 unspecified atom stereocenters. The molecule has 5 nitrogen and oxygen atoms in total. The first-order valence-electron chi connectivity index (χ1n) is 10.2. The lowest BCUT2D eigenvalue weighted by molar-refractivity contribution is -0.143. The Morgan fingerprint density at radius 1 is 1.06 bits per heavy atom. The fourth-order valence-corrected chi connectivity index (χ4v) is 4.41. The average Bonchev–Trinajstić information content (AvgIpc) is 3.10. The van der Waals surface area contributed by atoms with Crippen LogP contribution < -0.4 is 0 Å². The minimum atomic E-state index is -1.53. The monoisotopic (exact) mass is 453 g/mol. The smallest absolute Gasteiger partial charge is 0.410 e. The van der Waals surface area contributed by atoms with Gasteiger partial charge in [0, 0.05) is 23.0 Å². The Labute approximate surface area is 190 Å². The summed E-state index contributed by atoms with van der Waals surface area (Å²) in [5.41, 5.74) is 4.11. The number of carbonyl (C=O) groups excluding carboxylic acids is 1. The van der Waals surface area contributed by atoms with Crippen LogP contribution in [0.1, 0.15) is 35.6 Å². The largest absolute Gasteiger partial charge is 0.479 e. The average molecular weight is 454 g/mol. The van der Waals surface area contributed by atoms with Crippen molar-refractivity contribution < 1.29 is 23.8 Å². The summed E-state index contributed by atoms with van der Waals surface area (Å²) in [6, 6.07) is 18.0. The molecule has 1 aliphatic carbocycles. The molecule has 164 valence electrons. The molecule has 7 heteroatoms. The molecule has 1 N–H and O–H groups in total. The molecule has 0 heterocycles. The highest BCUT2D eigenvalue weighted by Crippen LogP contribution is 2.44. The van der Waals surface area contributed by atoms with Gasteiger partial charge in [0.25, 0.3) is 0 Å². The van der Waals surface area contributed by atoms with Gasteiger partial charge < -0.3 is 9.84 Å². The van der Waals surface area contributed by atoms with Crippen molar-refractivity contribution in [3.63, 3.8) is 0 Å². The number of ether oxygens (including phenoxy) is 1. The second-order valence-corrected chi connectivity index (χ2v) is 7.93. The van der Waals surface area contributed by atoms with Crippen LogP contribution in [0.4, 0.5) is 9.18 Å². The van der Waals surface area contributed by atoms with E-state index in [1.54, 1.807) is 6.92 Å². The first-order valence-corrected chi connectivity index (χ1v) is 10.6. The summed E-state index contributed by atoms with van der Waals surface area (Å²) in [5, 5.41) is 9.90. The number of hydrogen-bond donors (Lipinski definition) is 1. The van der Waals surface area contributed by atoms with Gasteiger partial charge in [0.2, 0.25) is 0 Å². The number of fused-ring (bicyclic) bond motifs is 3. The highest BCUT2D eigenvalue weighted by atomic mass is 35.5. The van der Waals surface area contributed by atoms with Gasteiger partial charge in [-0.25, -0.2) is 14.0 Å². The summed E-state index contributed by atoms with van der Waals surface area (Å²) in [6.07, 6.45) is -0.823. The number of carboxylic acid groups (broad SMARTS) is 1.